The Labute approximate surface area is 168 Å². The summed E-state index contributed by atoms with van der Waals surface area (Å²) in [5.74, 6) is 2.65. The molecule has 1 fully saturated rings. The minimum atomic E-state index is 0.0447. The fourth-order valence-corrected chi connectivity index (χ4v) is 3.78. The van der Waals surface area contributed by atoms with Crippen molar-refractivity contribution in [1.29, 1.82) is 0 Å². The lowest BCUT2D eigenvalue weighted by Gasteiger charge is -2.31. The zero-order valence-electron chi connectivity index (χ0n) is 17.3. The number of rotatable bonds is 7. The molecule has 1 aliphatic rings. The second-order valence-corrected chi connectivity index (χ2v) is 8.17. The average molecular weight is 381 g/mol. The van der Waals surface area contributed by atoms with E-state index in [-0.39, 0.29) is 5.78 Å². The van der Waals surface area contributed by atoms with Crippen LogP contribution in [0.25, 0.3) is 0 Å². The summed E-state index contributed by atoms with van der Waals surface area (Å²) < 4.78 is 6.16. The van der Waals surface area contributed by atoms with Gasteiger partial charge in [0.15, 0.2) is 5.78 Å². The lowest BCUT2D eigenvalue weighted by atomic mass is 9.96. The fraction of sp³-hybridized carbons (Fsp3) is 0.458. The molecule has 2 aromatic rings. The molecule has 0 aliphatic carbocycles. The molecular formula is C24H32N2O2. The summed E-state index contributed by atoms with van der Waals surface area (Å²) in [5.41, 5.74) is 8.99. The molecule has 0 spiro atoms. The fourth-order valence-electron chi connectivity index (χ4n) is 3.78. The molecule has 1 aliphatic heterocycles. The van der Waals surface area contributed by atoms with Crippen LogP contribution in [0.3, 0.4) is 0 Å². The molecule has 150 valence electrons. The van der Waals surface area contributed by atoms with E-state index in [4.69, 9.17) is 10.5 Å². The molecule has 2 aromatic carbocycles. The highest BCUT2D eigenvalue weighted by Crippen LogP contribution is 2.32. The molecule has 2 N–H and O–H groups in total. The topological polar surface area (TPSA) is 55.6 Å². The van der Waals surface area contributed by atoms with Crippen LogP contribution in [0.5, 0.6) is 11.5 Å². The van der Waals surface area contributed by atoms with E-state index in [0.29, 0.717) is 23.1 Å². The van der Waals surface area contributed by atoms with Crippen molar-refractivity contribution < 1.29 is 9.53 Å². The largest absolute Gasteiger partial charge is 0.457 e. The van der Waals surface area contributed by atoms with Gasteiger partial charge in [0, 0.05) is 12.1 Å². The number of Topliss-reactive ketones (excluding diaryl/α,β-unsaturated/α-hetero) is 1. The molecule has 0 bridgehead atoms. The minimum absolute atomic E-state index is 0.0447. The van der Waals surface area contributed by atoms with Crippen molar-refractivity contribution in [3.05, 3.63) is 59.2 Å². The Kier molecular flexibility index (Phi) is 6.87. The maximum absolute atomic E-state index is 11.6. The number of hydrogen-bond donors (Lipinski definition) is 1. The Morgan fingerprint density at radius 3 is 2.57 bits per heavy atom. The molecular weight excluding hydrogens is 348 g/mol. The third kappa shape index (κ3) is 5.21. The molecule has 0 saturated carbocycles. The monoisotopic (exact) mass is 380 g/mol. The van der Waals surface area contributed by atoms with Crippen molar-refractivity contribution in [2.75, 3.05) is 19.6 Å². The zero-order valence-corrected chi connectivity index (χ0v) is 17.3. The number of hydrogen-bond acceptors (Lipinski definition) is 4. The van der Waals surface area contributed by atoms with Crippen LogP contribution in [0.15, 0.2) is 42.5 Å². The Hall–Kier alpha value is -2.17. The normalized spacial score (nSPS) is 15.8. The number of carbonyl (C=O) groups is 1. The quantitative estimate of drug-likeness (QED) is 0.689. The highest BCUT2D eigenvalue weighted by molar-refractivity contribution is 5.94. The molecule has 0 unspecified atom stereocenters. The molecule has 0 aromatic heterocycles. The smallest absolute Gasteiger partial charge is 0.159 e. The molecule has 3 rings (SSSR count). The van der Waals surface area contributed by atoms with Crippen LogP contribution in [0, 0.1) is 5.92 Å². The summed E-state index contributed by atoms with van der Waals surface area (Å²) in [6, 6.07) is 13.9. The first-order valence-electron chi connectivity index (χ1n) is 10.3. The van der Waals surface area contributed by atoms with Crippen LogP contribution in [-0.4, -0.2) is 30.3 Å². The maximum atomic E-state index is 11.6. The Morgan fingerprint density at radius 1 is 1.18 bits per heavy atom. The van der Waals surface area contributed by atoms with E-state index in [2.05, 4.69) is 36.9 Å². The van der Waals surface area contributed by atoms with Gasteiger partial charge >= 0.3 is 0 Å². The van der Waals surface area contributed by atoms with Gasteiger partial charge in [-0.3, -0.25) is 9.69 Å². The molecule has 0 atom stereocenters. The van der Waals surface area contributed by atoms with Crippen LogP contribution in [0.4, 0.5) is 0 Å². The van der Waals surface area contributed by atoms with Gasteiger partial charge in [0.05, 0.1) is 0 Å². The summed E-state index contributed by atoms with van der Waals surface area (Å²) >= 11 is 0. The molecule has 1 saturated heterocycles. The summed E-state index contributed by atoms with van der Waals surface area (Å²) in [7, 11) is 0. The second kappa shape index (κ2) is 9.35. The van der Waals surface area contributed by atoms with Gasteiger partial charge in [-0.2, -0.15) is 0 Å². The van der Waals surface area contributed by atoms with Gasteiger partial charge in [0.1, 0.15) is 11.5 Å². The third-order valence-electron chi connectivity index (χ3n) is 5.61. The molecule has 0 radical (unpaired) electrons. The van der Waals surface area contributed by atoms with Gasteiger partial charge in [-0.25, -0.2) is 0 Å². The van der Waals surface area contributed by atoms with Gasteiger partial charge < -0.3 is 10.5 Å². The van der Waals surface area contributed by atoms with E-state index in [0.717, 1.165) is 31.9 Å². The second-order valence-electron chi connectivity index (χ2n) is 8.17. The van der Waals surface area contributed by atoms with Gasteiger partial charge in [0.2, 0.25) is 0 Å². The number of piperidine rings is 1. The van der Waals surface area contributed by atoms with Crippen molar-refractivity contribution in [2.24, 2.45) is 11.7 Å². The average Bonchev–Trinajstić information content (AvgIpc) is 2.69. The van der Waals surface area contributed by atoms with E-state index in [9.17, 15) is 4.79 Å². The van der Waals surface area contributed by atoms with E-state index in [1.807, 2.05) is 24.3 Å². The standard InChI is InChI=1S/C24H32N2O2/c1-17(2)23-13-20(16-26-11-9-19(15-25)10-12-26)7-8-24(23)28-22-6-4-5-21(14-22)18(3)27/h4-8,13-14,17,19H,9-12,15-16,25H2,1-3H3. The number of likely N-dealkylation sites (tertiary alicyclic amines) is 1. The number of nitrogens with two attached hydrogens (primary N) is 1. The van der Waals surface area contributed by atoms with Crippen LogP contribution >= 0.6 is 0 Å². The van der Waals surface area contributed by atoms with Gasteiger partial charge in [-0.1, -0.05) is 38.1 Å². The van der Waals surface area contributed by atoms with Gasteiger partial charge in [-0.15, -0.1) is 0 Å². The number of nitrogens with zero attached hydrogens (tertiary/aromatic N) is 1. The summed E-state index contributed by atoms with van der Waals surface area (Å²) in [6.07, 6.45) is 2.39. The van der Waals surface area contributed by atoms with Crippen molar-refractivity contribution >= 4 is 5.78 Å². The first-order chi connectivity index (χ1) is 13.5. The number of carbonyl (C=O) groups excluding carboxylic acids is 1. The van der Waals surface area contributed by atoms with Crippen molar-refractivity contribution in [1.82, 2.24) is 4.90 Å². The highest BCUT2D eigenvalue weighted by Gasteiger charge is 2.19. The van der Waals surface area contributed by atoms with Crippen LogP contribution in [0.1, 0.15) is 61.0 Å². The predicted molar refractivity (Wildman–Crippen MR) is 114 cm³/mol. The van der Waals surface area contributed by atoms with E-state index in [1.165, 1.54) is 24.0 Å². The lowest BCUT2D eigenvalue weighted by Crippen LogP contribution is -2.35. The summed E-state index contributed by atoms with van der Waals surface area (Å²) in [4.78, 5) is 14.1. The van der Waals surface area contributed by atoms with Crippen molar-refractivity contribution in [3.8, 4) is 11.5 Å². The highest BCUT2D eigenvalue weighted by atomic mass is 16.5. The van der Waals surface area contributed by atoms with E-state index < -0.39 is 0 Å². The van der Waals surface area contributed by atoms with Crippen molar-refractivity contribution in [2.45, 2.75) is 46.1 Å². The summed E-state index contributed by atoms with van der Waals surface area (Å²) in [6.45, 7) is 9.96. The Bertz CT molecular complexity index is 808. The van der Waals surface area contributed by atoms with Gasteiger partial charge in [0.25, 0.3) is 0 Å². The molecule has 0 amide bonds. The predicted octanol–water partition coefficient (Wildman–Crippen LogP) is 4.98. The third-order valence-corrected chi connectivity index (χ3v) is 5.61. The molecule has 4 nitrogen and oxygen atoms in total. The molecule has 1 heterocycles. The van der Waals surface area contributed by atoms with E-state index >= 15 is 0 Å². The SMILES string of the molecule is CC(=O)c1cccc(Oc2ccc(CN3CCC(CN)CC3)cc2C(C)C)c1. The number of benzene rings is 2. The van der Waals surface area contributed by atoms with E-state index in [1.54, 1.807) is 6.92 Å². The summed E-state index contributed by atoms with van der Waals surface area (Å²) in [5, 5.41) is 0. The number of ketones is 1. The van der Waals surface area contributed by atoms with Crippen LogP contribution in [-0.2, 0) is 6.54 Å². The molecule has 4 heteroatoms. The maximum Gasteiger partial charge on any atom is 0.159 e. The number of ether oxygens (including phenoxy) is 1. The Morgan fingerprint density at radius 2 is 1.93 bits per heavy atom. The van der Waals surface area contributed by atoms with Crippen LogP contribution < -0.4 is 10.5 Å². The molecule has 28 heavy (non-hydrogen) atoms. The minimum Gasteiger partial charge on any atom is -0.457 e. The Balaban J connectivity index is 1.74. The first kappa shape index (κ1) is 20.6. The first-order valence-corrected chi connectivity index (χ1v) is 10.3. The zero-order chi connectivity index (χ0) is 20.1. The van der Waals surface area contributed by atoms with Crippen LogP contribution in [0.2, 0.25) is 0 Å². The van der Waals surface area contributed by atoms with Gasteiger partial charge in [-0.05, 0) is 80.6 Å². The lowest BCUT2D eigenvalue weighted by molar-refractivity contribution is 0.101. The van der Waals surface area contributed by atoms with Crippen molar-refractivity contribution in [3.63, 3.8) is 0 Å².